The van der Waals surface area contributed by atoms with E-state index in [0.29, 0.717) is 25.2 Å². The molecule has 2 heterocycles. The van der Waals surface area contributed by atoms with Gasteiger partial charge in [-0.05, 0) is 68.0 Å². The zero-order chi connectivity index (χ0) is 23.2. The molecule has 7 nitrogen and oxygen atoms in total. The molecule has 33 heavy (non-hydrogen) atoms. The summed E-state index contributed by atoms with van der Waals surface area (Å²) in [5.41, 5.74) is 3.72. The van der Waals surface area contributed by atoms with Crippen molar-refractivity contribution in [1.82, 2.24) is 14.9 Å². The Hall–Kier alpha value is -3.35. The third kappa shape index (κ3) is 5.92. The summed E-state index contributed by atoms with van der Waals surface area (Å²) in [6.07, 6.45) is 4.34. The van der Waals surface area contributed by atoms with Gasteiger partial charge in [-0.1, -0.05) is 12.1 Å². The van der Waals surface area contributed by atoms with Gasteiger partial charge in [-0.15, -0.1) is 0 Å². The van der Waals surface area contributed by atoms with Crippen molar-refractivity contribution in [2.75, 3.05) is 25.5 Å². The summed E-state index contributed by atoms with van der Waals surface area (Å²) in [6, 6.07) is 13.5. The van der Waals surface area contributed by atoms with E-state index >= 15 is 0 Å². The number of hydrogen-bond donors (Lipinski definition) is 2. The van der Waals surface area contributed by atoms with Crippen LogP contribution in [-0.4, -0.2) is 46.9 Å². The first kappa shape index (κ1) is 22.8. The van der Waals surface area contributed by atoms with Gasteiger partial charge in [0.2, 0.25) is 11.8 Å². The molecule has 3 aromatic rings. The molecule has 1 saturated heterocycles. The first-order valence-electron chi connectivity index (χ1n) is 11.7. The second-order valence-electron chi connectivity index (χ2n) is 8.82. The number of imidazole rings is 1. The van der Waals surface area contributed by atoms with E-state index < -0.39 is 0 Å². The Balaban J connectivity index is 1.23. The number of hydrogen-bond acceptors (Lipinski definition) is 4. The minimum Gasteiger partial charge on any atom is -0.497 e. The van der Waals surface area contributed by atoms with Crippen LogP contribution >= 0.6 is 0 Å². The zero-order valence-electron chi connectivity index (χ0n) is 19.4. The molecule has 2 aromatic carbocycles. The molecule has 0 aliphatic carbocycles. The van der Waals surface area contributed by atoms with Crippen molar-refractivity contribution >= 4 is 28.5 Å². The van der Waals surface area contributed by atoms with Crippen molar-refractivity contribution in [3.05, 3.63) is 53.9 Å². The molecular weight excluding hydrogens is 416 g/mol. The first-order chi connectivity index (χ1) is 16.0. The van der Waals surface area contributed by atoms with Crippen LogP contribution in [0.25, 0.3) is 11.0 Å². The number of fused-ring (bicyclic) bond motifs is 1. The highest BCUT2D eigenvalue weighted by atomic mass is 16.5. The molecule has 0 radical (unpaired) electrons. The van der Waals surface area contributed by atoms with Crippen LogP contribution in [0.2, 0.25) is 0 Å². The normalized spacial score (nSPS) is 16.1. The highest BCUT2D eigenvalue weighted by Gasteiger charge is 2.24. The molecule has 0 spiro atoms. The molecule has 4 rings (SSSR count). The summed E-state index contributed by atoms with van der Waals surface area (Å²) >= 11 is 0. The number of methoxy groups -OCH3 is 1. The van der Waals surface area contributed by atoms with Crippen molar-refractivity contribution in [3.8, 4) is 5.75 Å². The van der Waals surface area contributed by atoms with Gasteiger partial charge in [0.05, 0.1) is 18.1 Å². The van der Waals surface area contributed by atoms with Crippen molar-refractivity contribution in [2.45, 2.75) is 45.4 Å². The molecule has 1 aliphatic heterocycles. The van der Waals surface area contributed by atoms with E-state index in [1.54, 1.807) is 7.11 Å². The summed E-state index contributed by atoms with van der Waals surface area (Å²) in [4.78, 5) is 35.1. The van der Waals surface area contributed by atoms with Crippen LogP contribution in [0.15, 0.2) is 42.5 Å². The maximum Gasteiger partial charge on any atom is 0.224 e. The van der Waals surface area contributed by atoms with Crippen molar-refractivity contribution in [1.29, 1.82) is 0 Å². The molecule has 7 heteroatoms. The molecule has 0 unspecified atom stereocenters. The van der Waals surface area contributed by atoms with Gasteiger partial charge in [0, 0.05) is 38.0 Å². The number of anilines is 1. The van der Waals surface area contributed by atoms with Gasteiger partial charge >= 0.3 is 0 Å². The molecule has 0 saturated carbocycles. The lowest BCUT2D eigenvalue weighted by Crippen LogP contribution is -2.40. The number of H-pyrrole nitrogens is 1. The Morgan fingerprint density at radius 2 is 2.06 bits per heavy atom. The van der Waals surface area contributed by atoms with Crippen LogP contribution < -0.4 is 10.1 Å². The van der Waals surface area contributed by atoms with E-state index in [2.05, 4.69) is 15.3 Å². The molecule has 174 valence electrons. The lowest BCUT2D eigenvalue weighted by Gasteiger charge is -2.33. The molecule has 1 fully saturated rings. The number of piperidine rings is 1. The Bertz CT molecular complexity index is 1090. The fourth-order valence-corrected chi connectivity index (χ4v) is 4.49. The fourth-order valence-electron chi connectivity index (χ4n) is 4.49. The van der Waals surface area contributed by atoms with Crippen molar-refractivity contribution < 1.29 is 14.3 Å². The lowest BCUT2D eigenvalue weighted by molar-refractivity contribution is -0.133. The summed E-state index contributed by atoms with van der Waals surface area (Å²) < 4.78 is 5.22. The van der Waals surface area contributed by atoms with Crippen molar-refractivity contribution in [2.24, 2.45) is 5.92 Å². The van der Waals surface area contributed by atoms with Crippen LogP contribution in [0, 0.1) is 12.8 Å². The number of aromatic amines is 1. The van der Waals surface area contributed by atoms with Gasteiger partial charge in [0.1, 0.15) is 11.6 Å². The maximum atomic E-state index is 12.8. The van der Waals surface area contributed by atoms with Gasteiger partial charge in [-0.25, -0.2) is 4.98 Å². The fraction of sp³-hybridized carbons (Fsp3) is 0.423. The molecule has 1 atom stereocenters. The number of ether oxygens (including phenoxy) is 1. The Labute approximate surface area is 194 Å². The number of likely N-dealkylation sites (tertiary alicyclic amines) is 1. The molecule has 2 amide bonds. The number of carbonyl (C=O) groups excluding carboxylic acids is 2. The highest BCUT2D eigenvalue weighted by molar-refractivity contribution is 5.91. The number of para-hydroxylation sites is 2. The summed E-state index contributed by atoms with van der Waals surface area (Å²) in [6.45, 7) is 3.48. The number of amides is 2. The lowest BCUT2D eigenvalue weighted by atomic mass is 9.93. The number of carbonyl (C=O) groups is 2. The van der Waals surface area contributed by atoms with E-state index in [-0.39, 0.29) is 11.8 Å². The Morgan fingerprint density at radius 1 is 1.21 bits per heavy atom. The van der Waals surface area contributed by atoms with Gasteiger partial charge in [0.15, 0.2) is 0 Å². The number of aromatic nitrogens is 2. The predicted octanol–water partition coefficient (Wildman–Crippen LogP) is 4.47. The zero-order valence-corrected chi connectivity index (χ0v) is 19.4. The molecule has 0 bridgehead atoms. The van der Waals surface area contributed by atoms with E-state index in [1.165, 1.54) is 0 Å². The number of nitrogens with one attached hydrogen (secondary N) is 2. The third-order valence-corrected chi connectivity index (χ3v) is 6.37. The van der Waals surface area contributed by atoms with Crippen LogP contribution in [-0.2, 0) is 16.0 Å². The van der Waals surface area contributed by atoms with Crippen molar-refractivity contribution in [3.63, 3.8) is 0 Å². The second-order valence-corrected chi connectivity index (χ2v) is 8.82. The average Bonchev–Trinajstić information content (AvgIpc) is 3.26. The standard InChI is InChI=1S/C26H32N4O3/c1-18-16-20(33-2)10-11-21(18)29-25(31)13-9-19-6-5-15-30(17-19)26(32)14-12-24-27-22-7-3-4-8-23(22)28-24/h3-4,7-8,10-11,16,19H,5-6,9,12-15,17H2,1-2H3,(H,27,28)(H,29,31)/t19-/m1/s1. The second kappa shape index (κ2) is 10.5. The van der Waals surface area contributed by atoms with Crippen LogP contribution in [0.5, 0.6) is 5.75 Å². The van der Waals surface area contributed by atoms with E-state index in [4.69, 9.17) is 4.74 Å². The molecular formula is C26H32N4O3. The predicted molar refractivity (Wildman–Crippen MR) is 129 cm³/mol. The van der Waals surface area contributed by atoms with Crippen LogP contribution in [0.1, 0.15) is 43.5 Å². The Morgan fingerprint density at radius 3 is 2.85 bits per heavy atom. The molecule has 1 aromatic heterocycles. The van der Waals surface area contributed by atoms with Gasteiger partial charge in [-0.2, -0.15) is 0 Å². The quantitative estimate of drug-likeness (QED) is 0.532. The smallest absolute Gasteiger partial charge is 0.224 e. The largest absolute Gasteiger partial charge is 0.497 e. The topological polar surface area (TPSA) is 87.3 Å². The van der Waals surface area contributed by atoms with Gasteiger partial charge in [0.25, 0.3) is 0 Å². The minimum absolute atomic E-state index is 0.0107. The minimum atomic E-state index is 0.0107. The van der Waals surface area contributed by atoms with E-state index in [1.807, 2.05) is 54.3 Å². The number of aryl methyl sites for hydroxylation is 2. The highest BCUT2D eigenvalue weighted by Crippen LogP contribution is 2.24. The third-order valence-electron chi connectivity index (χ3n) is 6.37. The summed E-state index contributed by atoms with van der Waals surface area (Å²) in [7, 11) is 1.63. The van der Waals surface area contributed by atoms with E-state index in [9.17, 15) is 9.59 Å². The SMILES string of the molecule is COc1ccc(NC(=O)CC[C@H]2CCCN(C(=O)CCc3nc4ccccc4[nH]3)C2)c(C)c1. The van der Waals surface area contributed by atoms with Gasteiger partial charge in [-0.3, -0.25) is 9.59 Å². The van der Waals surface area contributed by atoms with Crippen LogP contribution in [0.3, 0.4) is 0 Å². The number of benzene rings is 2. The average molecular weight is 449 g/mol. The first-order valence-corrected chi connectivity index (χ1v) is 11.7. The summed E-state index contributed by atoms with van der Waals surface area (Å²) in [5, 5.41) is 3.00. The van der Waals surface area contributed by atoms with Crippen LogP contribution in [0.4, 0.5) is 5.69 Å². The summed E-state index contributed by atoms with van der Waals surface area (Å²) in [5.74, 6) is 2.16. The molecule has 1 aliphatic rings. The van der Waals surface area contributed by atoms with E-state index in [0.717, 1.165) is 66.2 Å². The number of rotatable bonds is 8. The molecule has 2 N–H and O–H groups in total. The maximum absolute atomic E-state index is 12.8. The monoisotopic (exact) mass is 448 g/mol. The Kier molecular flexibility index (Phi) is 7.27. The van der Waals surface area contributed by atoms with Gasteiger partial charge < -0.3 is 19.9 Å². The number of nitrogens with zero attached hydrogens (tertiary/aromatic N) is 2.